The Hall–Kier alpha value is -0.590. The van der Waals surface area contributed by atoms with E-state index < -0.39 is 0 Å². The summed E-state index contributed by atoms with van der Waals surface area (Å²) in [6, 6.07) is 2.62. The average Bonchev–Trinajstić information content (AvgIpc) is 2.11. The maximum absolute atomic E-state index is 8.68. The number of piperidine rings is 1. The van der Waals surface area contributed by atoms with Crippen LogP contribution >= 0.6 is 0 Å². The number of hydrogen-bond donors (Lipinski definition) is 1. The van der Waals surface area contributed by atoms with Gasteiger partial charge in [-0.1, -0.05) is 6.92 Å². The fourth-order valence-corrected chi connectivity index (χ4v) is 1.84. The van der Waals surface area contributed by atoms with E-state index in [0.29, 0.717) is 12.0 Å². The van der Waals surface area contributed by atoms with Crippen LogP contribution in [0.1, 0.15) is 20.3 Å². The predicted octanol–water partition coefficient (Wildman–Crippen LogP) is 0.815. The van der Waals surface area contributed by atoms with Gasteiger partial charge in [-0.25, -0.2) is 0 Å². The minimum absolute atomic E-state index is 0.140. The molecule has 13 heavy (non-hydrogen) atoms. The van der Waals surface area contributed by atoms with E-state index in [4.69, 9.17) is 11.0 Å². The van der Waals surface area contributed by atoms with Crippen LogP contribution < -0.4 is 5.73 Å². The van der Waals surface area contributed by atoms with Crippen molar-refractivity contribution in [2.75, 3.05) is 19.6 Å². The largest absolute Gasteiger partial charge is 0.327 e. The molecule has 3 atom stereocenters. The summed E-state index contributed by atoms with van der Waals surface area (Å²) in [7, 11) is 0. The summed E-state index contributed by atoms with van der Waals surface area (Å²) in [6.45, 7) is 7.16. The molecule has 0 aromatic rings. The van der Waals surface area contributed by atoms with E-state index in [1.54, 1.807) is 0 Å². The van der Waals surface area contributed by atoms with Gasteiger partial charge in [-0.3, -0.25) is 0 Å². The summed E-state index contributed by atoms with van der Waals surface area (Å²) in [5.41, 5.74) is 5.91. The molecule has 0 bridgehead atoms. The number of nitriles is 1. The van der Waals surface area contributed by atoms with Crippen molar-refractivity contribution < 1.29 is 0 Å². The third kappa shape index (κ3) is 2.98. The number of nitrogens with two attached hydrogens (primary N) is 1. The molecule has 3 nitrogen and oxygen atoms in total. The van der Waals surface area contributed by atoms with Crippen molar-refractivity contribution >= 4 is 0 Å². The van der Waals surface area contributed by atoms with E-state index in [0.717, 1.165) is 26.1 Å². The monoisotopic (exact) mass is 181 g/mol. The molecule has 0 aromatic heterocycles. The van der Waals surface area contributed by atoms with E-state index >= 15 is 0 Å². The van der Waals surface area contributed by atoms with Gasteiger partial charge in [-0.15, -0.1) is 0 Å². The van der Waals surface area contributed by atoms with Gasteiger partial charge in [0.05, 0.1) is 12.0 Å². The third-order valence-electron chi connectivity index (χ3n) is 2.81. The van der Waals surface area contributed by atoms with Gasteiger partial charge in [-0.05, 0) is 25.8 Å². The average molecular weight is 181 g/mol. The fraction of sp³-hybridized carbons (Fsp3) is 0.900. The lowest BCUT2D eigenvalue weighted by Gasteiger charge is -2.35. The Morgan fingerprint density at radius 2 is 2.38 bits per heavy atom. The van der Waals surface area contributed by atoms with E-state index in [2.05, 4.69) is 17.9 Å². The first kappa shape index (κ1) is 10.5. The van der Waals surface area contributed by atoms with E-state index in [1.165, 1.54) is 0 Å². The molecule has 3 heteroatoms. The molecule has 0 saturated carbocycles. The van der Waals surface area contributed by atoms with Crippen LogP contribution in [0.4, 0.5) is 0 Å². The van der Waals surface area contributed by atoms with Crippen LogP contribution in [0.5, 0.6) is 0 Å². The summed E-state index contributed by atoms with van der Waals surface area (Å²) >= 11 is 0. The zero-order valence-corrected chi connectivity index (χ0v) is 8.53. The van der Waals surface area contributed by atoms with Gasteiger partial charge < -0.3 is 10.6 Å². The van der Waals surface area contributed by atoms with Gasteiger partial charge in [0.1, 0.15) is 0 Å². The van der Waals surface area contributed by atoms with Crippen LogP contribution in [-0.4, -0.2) is 30.6 Å². The first-order valence-electron chi connectivity index (χ1n) is 5.01. The quantitative estimate of drug-likeness (QED) is 0.686. The van der Waals surface area contributed by atoms with Crippen molar-refractivity contribution in [2.45, 2.75) is 26.3 Å². The van der Waals surface area contributed by atoms with Crippen molar-refractivity contribution in [3.8, 4) is 6.07 Å². The van der Waals surface area contributed by atoms with Gasteiger partial charge >= 0.3 is 0 Å². The number of likely N-dealkylation sites (tertiary alicyclic amines) is 1. The molecule has 1 aliphatic heterocycles. The third-order valence-corrected chi connectivity index (χ3v) is 2.81. The van der Waals surface area contributed by atoms with Gasteiger partial charge in [-0.2, -0.15) is 5.26 Å². The lowest BCUT2D eigenvalue weighted by atomic mass is 9.94. The summed E-state index contributed by atoms with van der Waals surface area (Å²) in [5.74, 6) is 0.709. The predicted molar refractivity (Wildman–Crippen MR) is 53.0 cm³/mol. The molecule has 1 heterocycles. The van der Waals surface area contributed by atoms with Crippen LogP contribution in [0.25, 0.3) is 0 Å². The second kappa shape index (κ2) is 4.59. The van der Waals surface area contributed by atoms with Gasteiger partial charge in [0.15, 0.2) is 0 Å². The molecule has 0 spiro atoms. The summed E-state index contributed by atoms with van der Waals surface area (Å²) in [4.78, 5) is 2.35. The summed E-state index contributed by atoms with van der Waals surface area (Å²) in [5, 5.41) is 8.68. The number of hydrogen-bond acceptors (Lipinski definition) is 3. The lowest BCUT2D eigenvalue weighted by molar-refractivity contribution is 0.155. The topological polar surface area (TPSA) is 53.0 Å². The van der Waals surface area contributed by atoms with Crippen LogP contribution in [-0.2, 0) is 0 Å². The molecule has 1 fully saturated rings. The van der Waals surface area contributed by atoms with Crippen molar-refractivity contribution in [1.29, 1.82) is 5.26 Å². The van der Waals surface area contributed by atoms with E-state index in [1.807, 2.05) is 6.92 Å². The normalized spacial score (nSPS) is 32.5. The Bertz CT molecular complexity index is 197. The zero-order chi connectivity index (χ0) is 9.84. The van der Waals surface area contributed by atoms with Crippen LogP contribution in [0.15, 0.2) is 0 Å². The molecule has 0 aromatic carbocycles. The van der Waals surface area contributed by atoms with Gasteiger partial charge in [0, 0.05) is 19.1 Å². The minimum atomic E-state index is 0.140. The maximum atomic E-state index is 8.68. The molecule has 1 saturated heterocycles. The van der Waals surface area contributed by atoms with E-state index in [-0.39, 0.29) is 5.92 Å². The highest BCUT2D eigenvalue weighted by molar-refractivity contribution is 4.85. The maximum Gasteiger partial charge on any atom is 0.0666 e. The van der Waals surface area contributed by atoms with E-state index in [9.17, 15) is 0 Å². The minimum Gasteiger partial charge on any atom is -0.327 e. The molecule has 1 aliphatic rings. The molecular weight excluding hydrogens is 162 g/mol. The first-order chi connectivity index (χ1) is 6.13. The van der Waals surface area contributed by atoms with Crippen molar-refractivity contribution in [2.24, 2.45) is 17.6 Å². The fourth-order valence-electron chi connectivity index (χ4n) is 1.84. The van der Waals surface area contributed by atoms with Crippen molar-refractivity contribution in [3.63, 3.8) is 0 Å². The lowest BCUT2D eigenvalue weighted by Crippen LogP contribution is -2.46. The molecular formula is C10H19N3. The van der Waals surface area contributed by atoms with Gasteiger partial charge in [0.25, 0.3) is 0 Å². The molecule has 0 aliphatic carbocycles. The molecule has 0 radical (unpaired) electrons. The van der Waals surface area contributed by atoms with Crippen LogP contribution in [0, 0.1) is 23.2 Å². The van der Waals surface area contributed by atoms with Gasteiger partial charge in [0.2, 0.25) is 0 Å². The van der Waals surface area contributed by atoms with Crippen molar-refractivity contribution in [3.05, 3.63) is 0 Å². The highest BCUT2D eigenvalue weighted by Gasteiger charge is 2.23. The van der Waals surface area contributed by atoms with Crippen LogP contribution in [0.3, 0.4) is 0 Å². The van der Waals surface area contributed by atoms with Crippen LogP contribution in [0.2, 0.25) is 0 Å². The Morgan fingerprint density at radius 3 is 2.92 bits per heavy atom. The Morgan fingerprint density at radius 1 is 1.69 bits per heavy atom. The molecule has 1 rings (SSSR count). The second-order valence-electron chi connectivity index (χ2n) is 4.22. The summed E-state index contributed by atoms with van der Waals surface area (Å²) in [6.07, 6.45) is 1.07. The highest BCUT2D eigenvalue weighted by Crippen LogP contribution is 2.15. The molecule has 2 N–H and O–H groups in total. The summed E-state index contributed by atoms with van der Waals surface area (Å²) < 4.78 is 0. The smallest absolute Gasteiger partial charge is 0.0666 e. The SMILES string of the molecule is CC(C#N)CN1CCC(N)C(C)C1. The second-order valence-corrected chi connectivity index (χ2v) is 4.22. The number of nitrogens with zero attached hydrogens (tertiary/aromatic N) is 2. The Balaban J connectivity index is 2.34. The molecule has 74 valence electrons. The molecule has 3 unspecified atom stereocenters. The van der Waals surface area contributed by atoms with Crippen molar-refractivity contribution in [1.82, 2.24) is 4.90 Å². The first-order valence-corrected chi connectivity index (χ1v) is 5.01. The molecule has 0 amide bonds. The standard InChI is InChI=1S/C10H19N3/c1-8(5-11)6-13-4-3-10(12)9(2)7-13/h8-10H,3-4,6-7,12H2,1-2H3. The Kier molecular flexibility index (Phi) is 3.71. The zero-order valence-electron chi connectivity index (χ0n) is 8.53. The highest BCUT2D eigenvalue weighted by atomic mass is 15.1. The Labute approximate surface area is 80.5 Å². The number of rotatable bonds is 2.